The normalized spacial score (nSPS) is 16.3. The van der Waals surface area contributed by atoms with Crippen LogP contribution in [0.25, 0.3) is 0 Å². The van der Waals surface area contributed by atoms with Crippen LogP contribution in [0.15, 0.2) is 47.5 Å². The minimum absolute atomic E-state index is 0. The first kappa shape index (κ1) is 21.6. The summed E-state index contributed by atoms with van der Waals surface area (Å²) in [4.78, 5) is 18.2. The van der Waals surface area contributed by atoms with E-state index >= 15 is 0 Å². The molecule has 0 radical (unpaired) electrons. The van der Waals surface area contributed by atoms with E-state index in [1.54, 1.807) is 0 Å². The van der Waals surface area contributed by atoms with E-state index in [0.29, 0.717) is 25.5 Å². The van der Waals surface area contributed by atoms with E-state index in [1.165, 1.54) is 24.0 Å². The zero-order valence-corrected chi connectivity index (χ0v) is 19.0. The predicted molar refractivity (Wildman–Crippen MR) is 129 cm³/mol. The lowest BCUT2D eigenvalue weighted by Gasteiger charge is -2.19. The second-order valence-corrected chi connectivity index (χ2v) is 7.71. The lowest BCUT2D eigenvalue weighted by Crippen LogP contribution is -2.24. The summed E-state index contributed by atoms with van der Waals surface area (Å²) in [5, 5.41) is 3.29. The summed E-state index contributed by atoms with van der Waals surface area (Å²) in [5.74, 6) is 0.710. The van der Waals surface area contributed by atoms with Crippen molar-refractivity contribution in [2.45, 2.75) is 51.6 Å². The lowest BCUT2D eigenvalue weighted by atomic mass is 9.90. The van der Waals surface area contributed by atoms with Crippen LogP contribution in [-0.2, 0) is 30.7 Å². The van der Waals surface area contributed by atoms with Crippen molar-refractivity contribution in [3.05, 3.63) is 64.7 Å². The summed E-state index contributed by atoms with van der Waals surface area (Å²) in [6, 6.07) is 14.7. The molecule has 3 N–H and O–H groups in total. The van der Waals surface area contributed by atoms with Crippen molar-refractivity contribution in [2.75, 3.05) is 11.9 Å². The van der Waals surface area contributed by atoms with E-state index in [-0.39, 0.29) is 29.9 Å². The molecule has 1 saturated heterocycles. The smallest absolute Gasteiger partial charge is 0.222 e. The predicted octanol–water partition coefficient (Wildman–Crippen LogP) is 4.23. The number of anilines is 1. The number of halogens is 1. The number of nitrogens with one attached hydrogen (secondary N) is 1. The first-order chi connectivity index (χ1) is 13.7. The molecule has 0 aromatic heterocycles. The zero-order valence-electron chi connectivity index (χ0n) is 16.7. The summed E-state index contributed by atoms with van der Waals surface area (Å²) in [7, 11) is 0. The molecule has 2 aliphatic rings. The number of likely N-dealkylation sites (tertiary alicyclic amines) is 1. The van der Waals surface area contributed by atoms with Crippen molar-refractivity contribution in [2.24, 2.45) is 10.7 Å². The number of hydrogen-bond acceptors (Lipinski definition) is 2. The monoisotopic (exact) mass is 504 g/mol. The van der Waals surface area contributed by atoms with E-state index in [2.05, 4.69) is 52.8 Å². The summed E-state index contributed by atoms with van der Waals surface area (Å²) < 4.78 is 0. The van der Waals surface area contributed by atoms with Gasteiger partial charge in [0.15, 0.2) is 5.96 Å². The second kappa shape index (κ2) is 10.1. The van der Waals surface area contributed by atoms with Crippen LogP contribution >= 0.6 is 24.0 Å². The molecule has 0 bridgehead atoms. The van der Waals surface area contributed by atoms with Gasteiger partial charge in [0, 0.05) is 25.2 Å². The molecule has 4 rings (SSSR count). The Hall–Kier alpha value is -2.09. The number of aliphatic imine (C=N–C) groups is 1. The first-order valence-electron chi connectivity index (χ1n) is 10.2. The van der Waals surface area contributed by atoms with Crippen LogP contribution in [0.1, 0.15) is 47.9 Å². The van der Waals surface area contributed by atoms with Crippen LogP contribution in [0.5, 0.6) is 0 Å². The van der Waals surface area contributed by atoms with Gasteiger partial charge in [0.1, 0.15) is 0 Å². The quantitative estimate of drug-likeness (QED) is 0.364. The van der Waals surface area contributed by atoms with Gasteiger partial charge < -0.3 is 16.0 Å². The molecule has 1 aliphatic carbocycles. The highest BCUT2D eigenvalue weighted by atomic mass is 127. The Kier molecular flexibility index (Phi) is 7.52. The molecule has 0 atom stereocenters. The van der Waals surface area contributed by atoms with Gasteiger partial charge in [-0.15, -0.1) is 24.0 Å². The van der Waals surface area contributed by atoms with E-state index in [4.69, 9.17) is 5.73 Å². The van der Waals surface area contributed by atoms with Crippen molar-refractivity contribution in [1.29, 1.82) is 0 Å². The van der Waals surface area contributed by atoms with Crippen LogP contribution in [0.2, 0.25) is 0 Å². The Labute approximate surface area is 189 Å². The van der Waals surface area contributed by atoms with Gasteiger partial charge in [-0.2, -0.15) is 0 Å². The highest BCUT2D eigenvalue weighted by Crippen LogP contribution is 2.27. The fourth-order valence-corrected chi connectivity index (χ4v) is 4.09. The number of nitrogens with zero attached hydrogens (tertiary/aromatic N) is 2. The Bertz CT molecular complexity index is 879. The lowest BCUT2D eigenvalue weighted by molar-refractivity contribution is -0.128. The van der Waals surface area contributed by atoms with Gasteiger partial charge in [-0.05, 0) is 60.4 Å². The third kappa shape index (κ3) is 5.50. The molecule has 1 amide bonds. The number of guanidine groups is 1. The number of benzene rings is 2. The highest BCUT2D eigenvalue weighted by Gasteiger charge is 2.19. The molecule has 0 saturated carbocycles. The van der Waals surface area contributed by atoms with Crippen molar-refractivity contribution < 1.29 is 4.79 Å². The molecular formula is C23H29IN4O. The average molecular weight is 504 g/mol. The molecule has 6 heteroatoms. The molecule has 0 spiro atoms. The molecule has 0 unspecified atom stereocenters. The molecule has 1 aliphatic heterocycles. The highest BCUT2D eigenvalue weighted by molar-refractivity contribution is 14.0. The van der Waals surface area contributed by atoms with E-state index in [9.17, 15) is 4.79 Å². The fourth-order valence-electron chi connectivity index (χ4n) is 4.09. The van der Waals surface area contributed by atoms with Crippen molar-refractivity contribution in [3.63, 3.8) is 0 Å². The maximum Gasteiger partial charge on any atom is 0.222 e. The summed E-state index contributed by atoms with van der Waals surface area (Å²) in [6.07, 6.45) is 6.41. The summed E-state index contributed by atoms with van der Waals surface area (Å²) in [5.41, 5.74) is 12.3. The van der Waals surface area contributed by atoms with Crippen LogP contribution < -0.4 is 11.1 Å². The number of rotatable bonds is 5. The third-order valence-electron chi connectivity index (χ3n) is 5.66. The largest absolute Gasteiger partial charge is 0.370 e. The molecule has 5 nitrogen and oxygen atoms in total. The number of hydrogen-bond donors (Lipinski definition) is 2. The minimum Gasteiger partial charge on any atom is -0.370 e. The van der Waals surface area contributed by atoms with Gasteiger partial charge in [-0.3, -0.25) is 4.79 Å². The molecule has 2 aromatic rings. The van der Waals surface area contributed by atoms with Crippen molar-refractivity contribution in [3.8, 4) is 0 Å². The standard InChI is InChI=1S/C23H28N4O.HI/c24-23(26-21-8-3-6-19-5-1-2-7-20(19)21)25-15-17-10-12-18(13-11-17)16-27-14-4-9-22(27)28;/h3,6,8,10-13H,1-2,4-5,7,9,14-16H2,(H3,24,25,26);1H. The Morgan fingerprint density at radius 3 is 2.52 bits per heavy atom. The van der Waals surface area contributed by atoms with Crippen LogP contribution in [0.4, 0.5) is 5.69 Å². The number of aryl methyl sites for hydroxylation is 1. The molecule has 1 fully saturated rings. The van der Waals surface area contributed by atoms with Crippen LogP contribution in [0.3, 0.4) is 0 Å². The van der Waals surface area contributed by atoms with Crippen molar-refractivity contribution >= 4 is 41.5 Å². The van der Waals surface area contributed by atoms with Gasteiger partial charge in [0.25, 0.3) is 0 Å². The molecule has 29 heavy (non-hydrogen) atoms. The summed E-state index contributed by atoms with van der Waals surface area (Å²) in [6.45, 7) is 2.11. The van der Waals surface area contributed by atoms with Crippen LogP contribution in [0, 0.1) is 0 Å². The maximum absolute atomic E-state index is 11.8. The zero-order chi connectivity index (χ0) is 19.3. The average Bonchev–Trinajstić information content (AvgIpc) is 3.12. The summed E-state index contributed by atoms with van der Waals surface area (Å²) >= 11 is 0. The number of amides is 1. The maximum atomic E-state index is 11.8. The topological polar surface area (TPSA) is 70.7 Å². The Morgan fingerprint density at radius 1 is 1.00 bits per heavy atom. The number of carbonyl (C=O) groups is 1. The number of fused-ring (bicyclic) bond motifs is 1. The van der Waals surface area contributed by atoms with Crippen molar-refractivity contribution in [1.82, 2.24) is 4.90 Å². The molecule has 2 aromatic carbocycles. The van der Waals surface area contributed by atoms with Gasteiger partial charge in [0.2, 0.25) is 5.91 Å². The van der Waals surface area contributed by atoms with Gasteiger partial charge >= 0.3 is 0 Å². The SMILES string of the molecule is I.NC(=NCc1ccc(CN2CCCC2=O)cc1)Nc1cccc2c1CCCC2. The molecule has 154 valence electrons. The van der Waals surface area contributed by atoms with Gasteiger partial charge in [-0.25, -0.2) is 4.99 Å². The van der Waals surface area contributed by atoms with Crippen LogP contribution in [-0.4, -0.2) is 23.3 Å². The molecular weight excluding hydrogens is 475 g/mol. The van der Waals surface area contributed by atoms with E-state index in [1.807, 2.05) is 4.90 Å². The first-order valence-corrected chi connectivity index (χ1v) is 10.2. The fraction of sp³-hybridized carbons (Fsp3) is 0.391. The molecule has 1 heterocycles. The third-order valence-corrected chi connectivity index (χ3v) is 5.66. The number of nitrogens with two attached hydrogens (primary N) is 1. The number of carbonyl (C=O) groups excluding carboxylic acids is 1. The second-order valence-electron chi connectivity index (χ2n) is 7.71. The minimum atomic E-state index is 0. The van der Waals surface area contributed by atoms with E-state index in [0.717, 1.165) is 42.6 Å². The van der Waals surface area contributed by atoms with Gasteiger partial charge in [0.05, 0.1) is 6.54 Å². The Morgan fingerprint density at radius 2 is 1.76 bits per heavy atom. The van der Waals surface area contributed by atoms with Gasteiger partial charge in [-0.1, -0.05) is 36.4 Å². The van der Waals surface area contributed by atoms with E-state index < -0.39 is 0 Å². The Balaban J connectivity index is 0.00000240.